The monoisotopic (exact) mass is 184 g/mol. The van der Waals surface area contributed by atoms with E-state index >= 15 is 0 Å². The van der Waals surface area contributed by atoms with Gasteiger partial charge in [0.2, 0.25) is 0 Å². The van der Waals surface area contributed by atoms with Crippen LogP contribution in [-0.2, 0) is 0 Å². The van der Waals surface area contributed by atoms with E-state index in [0.717, 1.165) is 25.6 Å². The molecule has 2 N–H and O–H groups in total. The topological polar surface area (TPSA) is 29.3 Å². The van der Waals surface area contributed by atoms with Crippen molar-refractivity contribution in [1.29, 1.82) is 0 Å². The third kappa shape index (κ3) is 1.75. The molecule has 0 saturated heterocycles. The van der Waals surface area contributed by atoms with Gasteiger partial charge in [-0.2, -0.15) is 0 Å². The fourth-order valence-electron chi connectivity index (χ4n) is 2.98. The maximum atomic E-state index is 5.97. The highest BCUT2D eigenvalue weighted by Crippen LogP contribution is 2.39. The number of nitrogens with two attached hydrogens (primary N) is 1. The van der Waals surface area contributed by atoms with Crippen LogP contribution in [0.2, 0.25) is 0 Å². The molecule has 0 aliphatic heterocycles. The Morgan fingerprint density at radius 1 is 1.38 bits per heavy atom. The smallest absolute Gasteiger partial charge is 0.0356 e. The van der Waals surface area contributed by atoms with E-state index in [1.807, 2.05) is 0 Å². The zero-order valence-electron chi connectivity index (χ0n) is 9.34. The van der Waals surface area contributed by atoms with E-state index in [4.69, 9.17) is 5.73 Å². The van der Waals surface area contributed by atoms with Gasteiger partial charge in [0.1, 0.15) is 0 Å². The van der Waals surface area contributed by atoms with Crippen LogP contribution in [0.1, 0.15) is 40.0 Å². The van der Waals surface area contributed by atoms with Crippen LogP contribution in [0, 0.1) is 5.92 Å². The number of likely N-dealkylation sites (N-methyl/N-ethyl adjacent to an activating group) is 1. The van der Waals surface area contributed by atoms with E-state index in [1.165, 1.54) is 19.3 Å². The summed E-state index contributed by atoms with van der Waals surface area (Å²) in [6.07, 6.45) is 4.01. The molecule has 0 aromatic rings. The van der Waals surface area contributed by atoms with Gasteiger partial charge in [0.15, 0.2) is 0 Å². The van der Waals surface area contributed by atoms with Crippen LogP contribution in [0.4, 0.5) is 0 Å². The second-order valence-electron chi connectivity index (χ2n) is 4.27. The first-order valence-corrected chi connectivity index (χ1v) is 5.66. The van der Waals surface area contributed by atoms with Crippen molar-refractivity contribution < 1.29 is 0 Å². The van der Waals surface area contributed by atoms with E-state index in [9.17, 15) is 0 Å². The Bertz CT molecular complexity index is 154. The Labute approximate surface area is 82.5 Å². The Hall–Kier alpha value is -0.0800. The minimum absolute atomic E-state index is 0.323. The fraction of sp³-hybridized carbons (Fsp3) is 1.00. The molecule has 1 fully saturated rings. The summed E-state index contributed by atoms with van der Waals surface area (Å²) in [6, 6.07) is 0. The molecule has 0 spiro atoms. The molecule has 13 heavy (non-hydrogen) atoms. The summed E-state index contributed by atoms with van der Waals surface area (Å²) in [7, 11) is 0. The normalized spacial score (nSPS) is 34.4. The predicted molar refractivity (Wildman–Crippen MR) is 57.7 cm³/mol. The van der Waals surface area contributed by atoms with Gasteiger partial charge >= 0.3 is 0 Å². The minimum atomic E-state index is 0.323. The van der Waals surface area contributed by atoms with Gasteiger partial charge in [0.05, 0.1) is 0 Å². The lowest BCUT2D eigenvalue weighted by Gasteiger charge is -2.43. The molecule has 1 rings (SSSR count). The van der Waals surface area contributed by atoms with Crippen molar-refractivity contribution in [2.24, 2.45) is 11.7 Å². The maximum Gasteiger partial charge on any atom is 0.0356 e. The first-order chi connectivity index (χ1) is 6.21. The molecule has 2 heteroatoms. The van der Waals surface area contributed by atoms with Crippen LogP contribution in [0.25, 0.3) is 0 Å². The van der Waals surface area contributed by atoms with Crippen LogP contribution in [0.15, 0.2) is 0 Å². The Kier molecular flexibility index (Phi) is 3.74. The predicted octanol–water partition coefficient (Wildman–Crippen LogP) is 1.85. The Morgan fingerprint density at radius 2 is 2.00 bits per heavy atom. The summed E-state index contributed by atoms with van der Waals surface area (Å²) in [5.74, 6) is 0.775. The summed E-state index contributed by atoms with van der Waals surface area (Å²) >= 11 is 0. The molecule has 1 aliphatic carbocycles. The number of rotatable bonds is 4. The van der Waals surface area contributed by atoms with Gasteiger partial charge in [-0.3, -0.25) is 4.90 Å². The van der Waals surface area contributed by atoms with Crippen molar-refractivity contribution in [3.05, 3.63) is 0 Å². The van der Waals surface area contributed by atoms with Crippen LogP contribution in [0.5, 0.6) is 0 Å². The van der Waals surface area contributed by atoms with Crippen molar-refractivity contribution >= 4 is 0 Å². The lowest BCUT2D eigenvalue weighted by molar-refractivity contribution is 0.0747. The number of nitrogens with zero attached hydrogens (tertiary/aromatic N) is 1. The zero-order valence-corrected chi connectivity index (χ0v) is 9.34. The van der Waals surface area contributed by atoms with E-state index < -0.39 is 0 Å². The Morgan fingerprint density at radius 3 is 2.31 bits per heavy atom. The van der Waals surface area contributed by atoms with Gasteiger partial charge in [-0.05, 0) is 31.8 Å². The highest BCUT2D eigenvalue weighted by Gasteiger charge is 2.42. The quantitative estimate of drug-likeness (QED) is 0.722. The first kappa shape index (κ1) is 11.0. The molecular weight excluding hydrogens is 160 g/mol. The van der Waals surface area contributed by atoms with Crippen LogP contribution >= 0.6 is 0 Å². The van der Waals surface area contributed by atoms with Gasteiger partial charge in [0.25, 0.3) is 0 Å². The zero-order chi connectivity index (χ0) is 9.90. The average Bonchev–Trinajstić information content (AvgIpc) is 2.51. The van der Waals surface area contributed by atoms with Gasteiger partial charge in [-0.25, -0.2) is 0 Å². The largest absolute Gasteiger partial charge is 0.329 e. The van der Waals surface area contributed by atoms with Crippen LogP contribution < -0.4 is 5.73 Å². The van der Waals surface area contributed by atoms with Gasteiger partial charge in [-0.15, -0.1) is 0 Å². The molecule has 1 saturated carbocycles. The second-order valence-corrected chi connectivity index (χ2v) is 4.27. The first-order valence-electron chi connectivity index (χ1n) is 5.66. The third-order valence-electron chi connectivity index (χ3n) is 3.91. The molecule has 78 valence electrons. The van der Waals surface area contributed by atoms with E-state index in [-0.39, 0.29) is 0 Å². The maximum absolute atomic E-state index is 5.97. The van der Waals surface area contributed by atoms with Gasteiger partial charge in [-0.1, -0.05) is 27.2 Å². The van der Waals surface area contributed by atoms with E-state index in [2.05, 4.69) is 25.7 Å². The average molecular weight is 184 g/mol. The molecule has 0 radical (unpaired) electrons. The third-order valence-corrected chi connectivity index (χ3v) is 3.91. The molecule has 0 aromatic carbocycles. The molecule has 0 aromatic heterocycles. The highest BCUT2D eigenvalue weighted by molar-refractivity contribution is 4.99. The fourth-order valence-corrected chi connectivity index (χ4v) is 2.98. The summed E-state index contributed by atoms with van der Waals surface area (Å²) in [5.41, 5.74) is 6.29. The molecule has 1 aliphatic rings. The molecule has 0 amide bonds. The Balaban J connectivity index is 2.77. The summed E-state index contributed by atoms with van der Waals surface area (Å²) in [6.45, 7) is 9.95. The lowest BCUT2D eigenvalue weighted by atomic mass is 9.86. The van der Waals surface area contributed by atoms with Crippen molar-refractivity contribution in [2.75, 3.05) is 19.6 Å². The molecule has 2 nitrogen and oxygen atoms in total. The highest BCUT2D eigenvalue weighted by atomic mass is 15.2. The summed E-state index contributed by atoms with van der Waals surface area (Å²) < 4.78 is 0. The molecule has 2 atom stereocenters. The van der Waals surface area contributed by atoms with Crippen molar-refractivity contribution in [3.8, 4) is 0 Å². The summed E-state index contributed by atoms with van der Waals surface area (Å²) in [5, 5.41) is 0. The van der Waals surface area contributed by atoms with Crippen molar-refractivity contribution in [2.45, 2.75) is 45.6 Å². The molecule has 2 unspecified atom stereocenters. The molecular formula is C11H24N2. The molecule has 0 bridgehead atoms. The van der Waals surface area contributed by atoms with Crippen molar-refractivity contribution in [1.82, 2.24) is 4.90 Å². The minimum Gasteiger partial charge on any atom is -0.329 e. The second kappa shape index (κ2) is 4.43. The van der Waals surface area contributed by atoms with Crippen molar-refractivity contribution in [3.63, 3.8) is 0 Å². The molecule has 0 heterocycles. The standard InChI is InChI=1S/C11H24N2/c1-4-13(5-2)11(9-12)8-6-7-10(11)3/h10H,4-9,12H2,1-3H3. The lowest BCUT2D eigenvalue weighted by Crippen LogP contribution is -2.55. The number of hydrogen-bond acceptors (Lipinski definition) is 2. The van der Waals surface area contributed by atoms with E-state index in [1.54, 1.807) is 0 Å². The van der Waals surface area contributed by atoms with Gasteiger partial charge < -0.3 is 5.73 Å². The van der Waals surface area contributed by atoms with Crippen LogP contribution in [0.3, 0.4) is 0 Å². The van der Waals surface area contributed by atoms with E-state index in [0.29, 0.717) is 5.54 Å². The van der Waals surface area contributed by atoms with Crippen LogP contribution in [-0.4, -0.2) is 30.1 Å². The summed E-state index contributed by atoms with van der Waals surface area (Å²) in [4.78, 5) is 2.56. The van der Waals surface area contributed by atoms with Gasteiger partial charge in [0, 0.05) is 12.1 Å². The SMILES string of the molecule is CCN(CC)C1(CN)CCCC1C. The number of hydrogen-bond donors (Lipinski definition) is 1.